The molecule has 16 N–H and O–H groups in total. The highest BCUT2D eigenvalue weighted by molar-refractivity contribution is 7.47. The van der Waals surface area contributed by atoms with Gasteiger partial charge in [0.2, 0.25) is 17.8 Å². The molecule has 14 heterocycles. The van der Waals surface area contributed by atoms with Gasteiger partial charge < -0.3 is 109 Å². The van der Waals surface area contributed by atoms with Crippen molar-refractivity contribution in [3.05, 3.63) is 62.7 Å². The van der Waals surface area contributed by atoms with Crippen molar-refractivity contribution in [3.8, 4) is 0 Å². The molecular formula is C44H61N20O27P4-3. The van der Waals surface area contributed by atoms with Crippen molar-refractivity contribution >= 4 is 99.6 Å². The molecule has 14 rings (SSSR count). The lowest BCUT2D eigenvalue weighted by Gasteiger charge is -2.34. The minimum Gasteiger partial charge on any atom is -0.756 e. The van der Waals surface area contributed by atoms with Crippen molar-refractivity contribution in [2.45, 2.75) is 128 Å². The number of aliphatic hydroxyl groups is 4. The molecule has 6 aliphatic heterocycles. The Morgan fingerprint density at radius 2 is 0.758 bits per heavy atom. The molecule has 20 atom stereocenters. The maximum absolute atomic E-state index is 13.2. The Morgan fingerprint density at radius 1 is 0.432 bits per heavy atom. The van der Waals surface area contributed by atoms with Crippen LogP contribution in [0.4, 0.5) is 23.7 Å². The van der Waals surface area contributed by atoms with E-state index >= 15 is 0 Å². The van der Waals surface area contributed by atoms with Crippen LogP contribution in [-0.4, -0.2) is 203 Å². The van der Waals surface area contributed by atoms with E-state index in [1.54, 1.807) is 0 Å². The fourth-order valence-electron chi connectivity index (χ4n) is 10.7. The topological polar surface area (TPSA) is 688 Å². The number of rotatable bonds is 4. The number of phosphoric acid groups is 4. The zero-order valence-electron chi connectivity index (χ0n) is 45.1. The largest absolute Gasteiger partial charge is 0.756 e. The average molecular weight is 1430 g/mol. The van der Waals surface area contributed by atoms with E-state index in [0.29, 0.717) is 0 Å². The lowest BCUT2D eigenvalue weighted by atomic mass is 10.1. The summed E-state index contributed by atoms with van der Waals surface area (Å²) in [5, 5.41) is 44.2. The molecule has 6 aliphatic rings. The van der Waals surface area contributed by atoms with Crippen LogP contribution in [0, 0.1) is 0 Å². The first kappa shape index (κ1) is 72.2. The second kappa shape index (κ2) is 26.7. The van der Waals surface area contributed by atoms with Gasteiger partial charge in [0.15, 0.2) is 69.9 Å². The predicted molar refractivity (Wildman–Crippen MR) is 310 cm³/mol. The van der Waals surface area contributed by atoms with Crippen molar-refractivity contribution in [1.29, 1.82) is 0 Å². The van der Waals surface area contributed by atoms with E-state index in [1.807, 2.05) is 0 Å². The predicted octanol–water partition coefficient (Wildman–Crippen LogP) is -4.74. The molecular weight excluding hydrogens is 1360 g/mol. The van der Waals surface area contributed by atoms with Gasteiger partial charge in [-0.05, 0) is 0 Å². The first-order chi connectivity index (χ1) is 43.0. The molecule has 6 fully saturated rings. The van der Waals surface area contributed by atoms with E-state index in [9.17, 15) is 72.6 Å². The van der Waals surface area contributed by atoms with Crippen molar-refractivity contribution in [1.82, 2.24) is 78.1 Å². The van der Waals surface area contributed by atoms with Crippen molar-refractivity contribution in [3.63, 3.8) is 0 Å². The van der Waals surface area contributed by atoms with Gasteiger partial charge in [0, 0.05) is 0 Å². The molecule has 0 radical (unpaired) electrons. The van der Waals surface area contributed by atoms with Crippen LogP contribution in [0.3, 0.4) is 0 Å². The Bertz CT molecular complexity index is 4410. The maximum Gasteiger partial charge on any atom is 0.472 e. The number of aromatic nitrogens is 16. The molecule has 8 aromatic rings. The van der Waals surface area contributed by atoms with Crippen LogP contribution in [0.25, 0.3) is 44.7 Å². The summed E-state index contributed by atoms with van der Waals surface area (Å²) >= 11 is 0. The number of nitrogens with zero attached hydrogens (tertiary/aromatic N) is 13. The van der Waals surface area contributed by atoms with Crippen LogP contribution >= 0.6 is 31.3 Å². The molecule has 51 heteroatoms. The zero-order chi connectivity index (χ0) is 64.5. The second-order valence-corrected chi connectivity index (χ2v) is 25.9. The van der Waals surface area contributed by atoms with Crippen LogP contribution in [0.1, 0.15) is 54.6 Å². The Kier molecular flexibility index (Phi) is 20.3. The van der Waals surface area contributed by atoms with E-state index in [0.717, 1.165) is 39.0 Å². The van der Waals surface area contributed by atoms with E-state index in [1.165, 1.54) is 10.9 Å². The number of imidazole rings is 4. The number of aliphatic hydroxyl groups excluding tert-OH is 4. The number of aromatic amines is 3. The summed E-state index contributed by atoms with van der Waals surface area (Å²) in [6, 6.07) is 0. The summed E-state index contributed by atoms with van der Waals surface area (Å²) in [5.74, 6) is -0.866. The van der Waals surface area contributed by atoms with Gasteiger partial charge in [0.1, 0.15) is 85.1 Å². The minimum atomic E-state index is -5.36. The summed E-state index contributed by atoms with van der Waals surface area (Å²) in [6.45, 7) is -3.66. The number of H-pyrrole nitrogens is 3. The number of phosphoric ester groups is 4. The maximum atomic E-state index is 13.2. The SMILES string of the molecule is C.C.C.C.Nc1nc2c(ncn2[C@@H]2O[C@@H]3COP(=O)([O-])O[C@H]4[C@@H](O)[C@H](n5cnc6c(=O)[nH]c(N)nc65)O[C@@H]4COP(=O)([O-])O[C@H]3[C@H]2O)c(=O)[nH]1.Nc1nc2c(ncn2[C@@H]2O[C@@H]3COP(=O)([O-])O[C@H]4[C@@H](O)[C@H](n5cnc6c(N)ncnc65)O[C@@H]4COP(=O)(O)O[C@@H]2[C@@H]3O)c(=O)[nH]1. The smallest absolute Gasteiger partial charge is 0.472 e. The van der Waals surface area contributed by atoms with Crippen LogP contribution < -0.4 is 54.3 Å². The van der Waals surface area contributed by atoms with Gasteiger partial charge in [-0.15, -0.1) is 0 Å². The molecule has 2 bridgehead atoms. The highest BCUT2D eigenvalue weighted by Gasteiger charge is 2.55. The fourth-order valence-corrected chi connectivity index (χ4v) is 14.4. The molecule has 0 spiro atoms. The van der Waals surface area contributed by atoms with Crippen molar-refractivity contribution in [2.24, 2.45) is 0 Å². The minimum absolute atomic E-state index is 0. The summed E-state index contributed by atoms with van der Waals surface area (Å²) in [4.78, 5) is 129. The zero-order valence-corrected chi connectivity index (χ0v) is 48.7. The lowest BCUT2D eigenvalue weighted by molar-refractivity contribution is -0.245. The number of hydrogen-bond acceptors (Lipinski definition) is 39. The fraction of sp³-hybridized carbons (Fsp3) is 0.545. The van der Waals surface area contributed by atoms with Gasteiger partial charge in [0.05, 0.1) is 51.7 Å². The average Bonchev–Trinajstić information content (AvgIpc) is 1.63. The van der Waals surface area contributed by atoms with E-state index in [4.69, 9.17) is 78.1 Å². The molecule has 95 heavy (non-hydrogen) atoms. The van der Waals surface area contributed by atoms with Gasteiger partial charge >= 0.3 is 7.82 Å². The van der Waals surface area contributed by atoms with Crippen LogP contribution in [0.2, 0.25) is 0 Å². The molecule has 47 nitrogen and oxygen atoms in total. The summed E-state index contributed by atoms with van der Waals surface area (Å²) < 4.78 is 120. The number of hydrogen-bond donors (Lipinski definition) is 12. The quantitative estimate of drug-likeness (QED) is 0.0736. The monoisotopic (exact) mass is 1430 g/mol. The van der Waals surface area contributed by atoms with Gasteiger partial charge in [-0.25, -0.2) is 34.5 Å². The first-order valence-corrected chi connectivity index (χ1v) is 31.9. The number of nitrogens with two attached hydrogens (primary N) is 4. The Morgan fingerprint density at radius 3 is 1.15 bits per heavy atom. The Hall–Kier alpha value is -7.08. The van der Waals surface area contributed by atoms with Gasteiger partial charge in [-0.3, -0.25) is 70.3 Å². The van der Waals surface area contributed by atoms with Gasteiger partial charge in [-0.2, -0.15) is 15.0 Å². The molecule has 0 amide bonds. The van der Waals surface area contributed by atoms with Crippen molar-refractivity contribution < 1.29 is 113 Å². The first-order valence-electron chi connectivity index (χ1n) is 26.0. The Labute approximate surface area is 529 Å². The van der Waals surface area contributed by atoms with E-state index < -0.39 is 173 Å². The highest BCUT2D eigenvalue weighted by atomic mass is 31.2. The van der Waals surface area contributed by atoms with E-state index in [2.05, 4.69) is 59.8 Å². The third-order valence-corrected chi connectivity index (χ3v) is 18.6. The second-order valence-electron chi connectivity index (χ2n) is 20.4. The molecule has 8 aromatic heterocycles. The lowest BCUT2D eigenvalue weighted by Crippen LogP contribution is -2.41. The molecule has 522 valence electrons. The summed E-state index contributed by atoms with van der Waals surface area (Å²) in [5.41, 5.74) is 19.8. The molecule has 4 unspecified atom stereocenters. The van der Waals surface area contributed by atoms with Crippen LogP contribution in [0.5, 0.6) is 0 Å². The van der Waals surface area contributed by atoms with Gasteiger partial charge in [-0.1, -0.05) is 29.7 Å². The normalized spacial score (nSPS) is 35.8. The van der Waals surface area contributed by atoms with Gasteiger partial charge in [0.25, 0.3) is 40.1 Å². The van der Waals surface area contributed by atoms with Crippen LogP contribution in [0.15, 0.2) is 46.0 Å². The number of ether oxygens (including phenoxy) is 4. The summed E-state index contributed by atoms with van der Waals surface area (Å²) in [6.07, 6.45) is -21.0. The van der Waals surface area contributed by atoms with Crippen molar-refractivity contribution in [2.75, 3.05) is 49.4 Å². The molecule has 0 aliphatic carbocycles. The number of nitrogen functional groups attached to an aromatic ring is 4. The number of fused-ring (bicyclic) bond motifs is 9. The summed E-state index contributed by atoms with van der Waals surface area (Å²) in [7, 11) is -21.2. The standard InChI is InChI=1S/C20H24N10O14P2.C20H24N10O13P2.4CH4/c21-19-25-13-7(15(33)27-19)23-3-29(13)17-9(31)11-5(41-17)1-39-45(35,36)44-12-6(2-40-46(37,38)43-11)42-18(10(12)32)30-4-24-8-14(30)26-20(22)28-16(8)34;21-14-8-15(24-3-23-14)29(4-25-8)18-11(32)12-7(41-18)2-39-45(36,37)43-13-10(31)6(1-38-44(34,35)42-12)40-19(13)30-5-26-9-16(30)27-20(22)28-17(9)33;;;;/h3-6,9-12,17-18,31-32H,1-2H2,(H,35,36)(H,37,38)(H3,21,25,27,33)(H3,22,26,28,34);3-7,10-13,18-19,31-32H,1-2H2,(H,34,35)(H,36,37)(H2,21,23,24)(H3,22,27,28,33);4*1H4/p-3/t5-,6-,9-,10-,11-,12-,17-,18-;6-,7-,10-,11-,12-,13-,18-,19-;;;;/m11..../s1. The molecule has 0 saturated carbocycles. The third-order valence-electron chi connectivity index (χ3n) is 14.7. The third kappa shape index (κ3) is 13.6. The molecule has 6 saturated heterocycles. The number of anilines is 4. The number of nitrogens with one attached hydrogen (secondary N) is 3. The molecule has 0 aromatic carbocycles. The van der Waals surface area contributed by atoms with E-state index in [-0.39, 0.29) is 98.0 Å². The Balaban J connectivity index is 0.000000214. The highest BCUT2D eigenvalue weighted by Crippen LogP contribution is 2.54. The van der Waals surface area contributed by atoms with Crippen LogP contribution in [-0.2, 0) is 73.4 Å².